The van der Waals surface area contributed by atoms with Crippen molar-refractivity contribution in [2.24, 2.45) is 45.8 Å². The zero-order valence-corrected chi connectivity index (χ0v) is 21.2. The minimum atomic E-state index is -0.415. The molecule has 4 heteroatoms. The lowest BCUT2D eigenvalue weighted by Gasteiger charge is -2.68. The molecule has 5 aliphatic rings. The molecule has 0 aromatic rings. The molecule has 2 bridgehead atoms. The normalized spacial score (nSPS) is 42.7. The number of ether oxygens (including phenoxy) is 2. The number of carbonyl (C=O) groups excluding carboxylic acids is 2. The Bertz CT molecular complexity index is 784. The van der Waals surface area contributed by atoms with E-state index in [1.165, 1.54) is 7.11 Å². The lowest BCUT2D eigenvalue weighted by atomic mass is 9.36. The van der Waals surface area contributed by atoms with Gasteiger partial charge in [0.25, 0.3) is 0 Å². The Morgan fingerprint density at radius 1 is 1.12 bits per heavy atom. The van der Waals surface area contributed by atoms with E-state index in [1.807, 2.05) is 0 Å². The van der Waals surface area contributed by atoms with Gasteiger partial charge in [-0.2, -0.15) is 0 Å². The van der Waals surface area contributed by atoms with E-state index >= 15 is 0 Å². The zero-order valence-electron chi connectivity index (χ0n) is 21.2. The van der Waals surface area contributed by atoms with Gasteiger partial charge in [-0.15, -0.1) is 0 Å². The second-order valence-electron chi connectivity index (χ2n) is 12.1. The van der Waals surface area contributed by atoms with Gasteiger partial charge in [0, 0.05) is 5.41 Å². The molecular weight excluding hydrogens is 400 g/mol. The Morgan fingerprint density at radius 2 is 1.88 bits per heavy atom. The summed E-state index contributed by atoms with van der Waals surface area (Å²) in [5, 5.41) is 0. The van der Waals surface area contributed by atoms with Crippen molar-refractivity contribution in [2.45, 2.75) is 92.4 Å². The Morgan fingerprint density at radius 3 is 2.53 bits per heavy atom. The molecule has 3 fully saturated rings. The van der Waals surface area contributed by atoms with Crippen molar-refractivity contribution < 1.29 is 19.1 Å². The number of unbranched alkanes of at least 4 members (excludes halogenated alkanes) is 1. The lowest BCUT2D eigenvalue weighted by molar-refractivity contribution is -0.198. The molecule has 0 aromatic heterocycles. The maximum atomic E-state index is 13.4. The summed E-state index contributed by atoms with van der Waals surface area (Å²) in [4.78, 5) is 26.4. The molecule has 0 aliphatic heterocycles. The topological polar surface area (TPSA) is 52.6 Å². The van der Waals surface area contributed by atoms with Gasteiger partial charge in [-0.25, -0.2) is 0 Å². The van der Waals surface area contributed by atoms with Crippen molar-refractivity contribution in [2.75, 3.05) is 13.7 Å². The van der Waals surface area contributed by atoms with Crippen molar-refractivity contribution in [3.05, 3.63) is 11.6 Å². The molecule has 4 nitrogen and oxygen atoms in total. The number of fused-ring (bicyclic) bond motifs is 2. The molecule has 0 aromatic carbocycles. The molecule has 0 radical (unpaired) electrons. The molecular formula is C28H44O4. The van der Waals surface area contributed by atoms with Crippen molar-refractivity contribution in [1.82, 2.24) is 0 Å². The second-order valence-corrected chi connectivity index (χ2v) is 12.1. The van der Waals surface area contributed by atoms with Crippen LogP contribution in [0.15, 0.2) is 11.6 Å². The molecule has 2 unspecified atom stereocenters. The predicted molar refractivity (Wildman–Crippen MR) is 126 cm³/mol. The van der Waals surface area contributed by atoms with Gasteiger partial charge < -0.3 is 9.47 Å². The van der Waals surface area contributed by atoms with E-state index in [4.69, 9.17) is 9.47 Å². The Hall–Kier alpha value is -1.32. The number of allylic oxidation sites excluding steroid dienone is 2. The van der Waals surface area contributed by atoms with E-state index in [9.17, 15) is 9.59 Å². The third-order valence-electron chi connectivity index (χ3n) is 10.2. The molecule has 1 spiro atoms. The third-order valence-corrected chi connectivity index (χ3v) is 10.2. The van der Waals surface area contributed by atoms with Gasteiger partial charge in [0.15, 0.2) is 0 Å². The van der Waals surface area contributed by atoms with Gasteiger partial charge in [0.05, 0.1) is 25.0 Å². The van der Waals surface area contributed by atoms with Crippen LogP contribution in [0.2, 0.25) is 0 Å². The highest BCUT2D eigenvalue weighted by atomic mass is 16.5. The van der Waals surface area contributed by atoms with Gasteiger partial charge in [-0.1, -0.05) is 52.2 Å². The van der Waals surface area contributed by atoms with E-state index in [-0.39, 0.29) is 28.7 Å². The van der Waals surface area contributed by atoms with E-state index in [0.29, 0.717) is 30.3 Å². The number of rotatable bonds is 6. The van der Waals surface area contributed by atoms with Gasteiger partial charge in [-0.05, 0) is 81.0 Å². The highest BCUT2D eigenvalue weighted by Gasteiger charge is 2.68. The molecule has 5 rings (SSSR count). The Kier molecular flexibility index (Phi) is 6.31. The van der Waals surface area contributed by atoms with Crippen molar-refractivity contribution in [3.63, 3.8) is 0 Å². The van der Waals surface area contributed by atoms with E-state index in [1.54, 1.807) is 5.57 Å². The largest absolute Gasteiger partial charge is 0.469 e. The Labute approximate surface area is 194 Å². The number of esters is 2. The summed E-state index contributed by atoms with van der Waals surface area (Å²) >= 11 is 0. The fourth-order valence-corrected chi connectivity index (χ4v) is 8.77. The standard InChI is InChI=1S/C28H44O4/c1-7-8-14-32-24(29)21-15-19-16-23-26(4)11-9-12-27(5,25(30)31-6)22(26)10-13-28(21,23)17-20(19)18(2)3/h17-19,21-23H,7-16H2,1-6H3/t19?,21?,22-,23-,26+,27-,28+/m1/s1. The van der Waals surface area contributed by atoms with Crippen molar-refractivity contribution in [3.8, 4) is 0 Å². The first kappa shape index (κ1) is 23.8. The lowest BCUT2D eigenvalue weighted by Crippen LogP contribution is -2.63. The summed E-state index contributed by atoms with van der Waals surface area (Å²) in [6.07, 6.45) is 11.7. The average molecular weight is 445 g/mol. The van der Waals surface area contributed by atoms with Crippen LogP contribution >= 0.6 is 0 Å². The quantitative estimate of drug-likeness (QED) is 0.273. The van der Waals surface area contributed by atoms with Crippen LogP contribution in [0.4, 0.5) is 0 Å². The van der Waals surface area contributed by atoms with E-state index < -0.39 is 5.41 Å². The number of hydrogen-bond donors (Lipinski definition) is 0. The number of methoxy groups -OCH3 is 1. The van der Waals surface area contributed by atoms with E-state index in [0.717, 1.165) is 57.8 Å². The molecule has 0 N–H and O–H groups in total. The highest BCUT2D eigenvalue weighted by Crippen LogP contribution is 2.72. The fraction of sp³-hybridized carbons (Fsp3) is 0.857. The van der Waals surface area contributed by atoms with Gasteiger partial charge in [-0.3, -0.25) is 9.59 Å². The Balaban J connectivity index is 1.74. The van der Waals surface area contributed by atoms with Gasteiger partial charge in [0.2, 0.25) is 0 Å². The summed E-state index contributed by atoms with van der Waals surface area (Å²) in [5.41, 5.74) is 1.09. The van der Waals surface area contributed by atoms with Crippen LogP contribution in [0.3, 0.4) is 0 Å². The average Bonchev–Trinajstić information content (AvgIpc) is 2.77. The first-order chi connectivity index (χ1) is 15.1. The zero-order chi connectivity index (χ0) is 23.3. The molecule has 180 valence electrons. The minimum Gasteiger partial charge on any atom is -0.469 e. The smallest absolute Gasteiger partial charge is 0.311 e. The van der Waals surface area contributed by atoms with Crippen LogP contribution in [-0.4, -0.2) is 25.7 Å². The predicted octanol–water partition coefficient (Wildman–Crippen LogP) is 6.33. The summed E-state index contributed by atoms with van der Waals surface area (Å²) < 4.78 is 11.2. The molecule has 0 heterocycles. The molecule has 0 saturated heterocycles. The second kappa shape index (κ2) is 8.47. The SMILES string of the molecule is CCCCOC(=O)C1CC2C[C@@H]3[C@@]4(C)CCC[C@@](C)(C(=O)OC)[C@@H]4CC[C@]13C=C2C(C)C. The van der Waals surface area contributed by atoms with Gasteiger partial charge in [0.1, 0.15) is 0 Å². The third kappa shape index (κ3) is 3.38. The maximum Gasteiger partial charge on any atom is 0.311 e. The van der Waals surface area contributed by atoms with Crippen LogP contribution in [0.5, 0.6) is 0 Å². The molecule has 7 atom stereocenters. The van der Waals surface area contributed by atoms with Gasteiger partial charge >= 0.3 is 11.9 Å². The summed E-state index contributed by atoms with van der Waals surface area (Å²) in [7, 11) is 1.53. The molecule has 0 amide bonds. The first-order valence-electron chi connectivity index (χ1n) is 13.1. The molecule has 32 heavy (non-hydrogen) atoms. The summed E-state index contributed by atoms with van der Waals surface area (Å²) in [6, 6.07) is 0. The minimum absolute atomic E-state index is 0.0285. The van der Waals surface area contributed by atoms with E-state index in [2.05, 4.69) is 40.7 Å². The highest BCUT2D eigenvalue weighted by molar-refractivity contribution is 5.77. The van der Waals surface area contributed by atoms with Crippen LogP contribution in [0, 0.1) is 45.8 Å². The monoisotopic (exact) mass is 444 g/mol. The molecule has 3 saturated carbocycles. The maximum absolute atomic E-state index is 13.4. The van der Waals surface area contributed by atoms with Crippen LogP contribution < -0.4 is 0 Å². The fourth-order valence-electron chi connectivity index (χ4n) is 8.77. The van der Waals surface area contributed by atoms with Crippen molar-refractivity contribution >= 4 is 11.9 Å². The van der Waals surface area contributed by atoms with Crippen LogP contribution in [0.25, 0.3) is 0 Å². The molecule has 5 aliphatic carbocycles. The summed E-state index contributed by atoms with van der Waals surface area (Å²) in [5.74, 6) is 1.69. The van der Waals surface area contributed by atoms with Crippen LogP contribution in [-0.2, 0) is 19.1 Å². The van der Waals surface area contributed by atoms with Crippen molar-refractivity contribution in [1.29, 1.82) is 0 Å². The first-order valence-corrected chi connectivity index (χ1v) is 13.1. The van der Waals surface area contributed by atoms with Crippen LogP contribution in [0.1, 0.15) is 92.4 Å². The number of hydrogen-bond acceptors (Lipinski definition) is 4. The summed E-state index contributed by atoms with van der Waals surface area (Å²) in [6.45, 7) is 11.9. The number of carbonyl (C=O) groups is 2.